The van der Waals surface area contributed by atoms with Crippen LogP contribution in [0, 0.1) is 0 Å². The second-order valence-electron chi connectivity index (χ2n) is 0.986. The Morgan fingerprint density at radius 2 is 0.800 bits per heavy atom. The molecule has 0 amide bonds. The molecule has 15 heavy (non-hydrogen) atoms. The fraction of sp³-hybridized carbons (Fsp3) is 1.00. The molecule has 0 atom stereocenters. The van der Waals surface area contributed by atoms with Gasteiger partial charge in [0, 0.05) is 10.4 Å². The molecule has 0 bridgehead atoms. The molecule has 0 rings (SSSR count). The predicted molar refractivity (Wildman–Crippen MR) is 55.5 cm³/mol. The Balaban J connectivity index is -0.0000000117. The molecule has 0 saturated heterocycles. The average Bonchev–Trinajstić information content (AvgIpc) is 1.62. The van der Waals surface area contributed by atoms with Gasteiger partial charge < -0.3 is 43.9 Å². The first-order valence-corrected chi connectivity index (χ1v) is 3.99. The molecule has 0 saturated carbocycles. The van der Waals surface area contributed by atoms with Crippen molar-refractivity contribution in [1.82, 2.24) is 24.6 Å². The summed E-state index contributed by atoms with van der Waals surface area (Å²) >= 11 is 0. The van der Waals surface area contributed by atoms with Crippen molar-refractivity contribution in [2.24, 2.45) is 0 Å². The molecule has 0 aromatic heterocycles. The zero-order chi connectivity index (χ0) is 9.91. The molecule has 104 valence electrons. The molecule has 0 unspecified atom stereocenters. The Hall–Kier alpha value is -0.370. The highest BCUT2D eigenvalue weighted by Crippen LogP contribution is 1.57. The van der Waals surface area contributed by atoms with Crippen molar-refractivity contribution in [2.75, 3.05) is 13.2 Å². The summed E-state index contributed by atoms with van der Waals surface area (Å²) in [5, 5.41) is 17.9. The van der Waals surface area contributed by atoms with Gasteiger partial charge in [0.25, 0.3) is 0 Å². The van der Waals surface area contributed by atoms with Crippen LogP contribution in [0.2, 0.25) is 0 Å². The summed E-state index contributed by atoms with van der Waals surface area (Å²) in [6.45, 7) is 3.14. The normalized spacial score (nSPS) is 6.27. The van der Waals surface area contributed by atoms with Crippen LogP contribution in [0.15, 0.2) is 0 Å². The van der Waals surface area contributed by atoms with Gasteiger partial charge in [0.2, 0.25) is 0 Å². The molecule has 0 aliphatic carbocycles. The molecule has 11 heteroatoms. The highest BCUT2D eigenvalue weighted by Gasteiger charge is 1.49. The highest BCUT2D eigenvalue weighted by molar-refractivity contribution is 7.79. The molecular formula is C4H26N4O6S. The summed E-state index contributed by atoms with van der Waals surface area (Å²) in [4.78, 5) is 0. The van der Waals surface area contributed by atoms with Crippen LogP contribution in [0.4, 0.5) is 0 Å². The molecule has 16 N–H and O–H groups in total. The van der Waals surface area contributed by atoms with Crippen molar-refractivity contribution < 1.29 is 27.7 Å². The van der Waals surface area contributed by atoms with E-state index in [0.717, 1.165) is 0 Å². The fourth-order valence-corrected chi connectivity index (χ4v) is 0. The van der Waals surface area contributed by atoms with Gasteiger partial charge in [-0.3, -0.25) is 8.42 Å². The third-order valence-corrected chi connectivity index (χ3v) is 0. The first-order chi connectivity index (χ1) is 4.83. The van der Waals surface area contributed by atoms with E-state index in [9.17, 15) is 0 Å². The first-order valence-electron chi connectivity index (χ1n) is 2.66. The zero-order valence-corrected chi connectivity index (χ0v) is 11.1. The minimum Gasteiger partial charge on any atom is -0.855 e. The maximum absolute atomic E-state index is 8.93. The van der Waals surface area contributed by atoms with Crippen molar-refractivity contribution in [3.63, 3.8) is 0 Å². The van der Waals surface area contributed by atoms with Gasteiger partial charge in [-0.25, -0.2) is 0 Å². The lowest BCUT2D eigenvalue weighted by Gasteiger charge is -2.06. The summed E-state index contributed by atoms with van der Waals surface area (Å²) in [6.07, 6.45) is 0. The van der Waals surface area contributed by atoms with E-state index < -0.39 is 10.4 Å². The van der Waals surface area contributed by atoms with Gasteiger partial charge in [-0.2, -0.15) is 0 Å². The lowest BCUT2D eigenvalue weighted by molar-refractivity contribution is -0.362. The standard InChI is InChI=1S/2C2H5O.4H3N.H2O4S/c2*1-2-3;;;;;1-5(2,3)4/h2*2H2,1H3;4*1H3;(H2,1,2,3,4)/q2*-1;;;;;/p+2. The van der Waals surface area contributed by atoms with E-state index in [0.29, 0.717) is 0 Å². The van der Waals surface area contributed by atoms with Gasteiger partial charge in [-0.15, -0.1) is 13.2 Å². The monoisotopic (exact) mass is 258 g/mol. The molecule has 0 aromatic rings. The van der Waals surface area contributed by atoms with E-state index >= 15 is 0 Å². The molecule has 0 fully saturated rings. The topological polar surface area (TPSA) is 272 Å². The minimum atomic E-state index is -5.17. The van der Waals surface area contributed by atoms with E-state index in [4.69, 9.17) is 27.7 Å². The number of hydrogen-bond donors (Lipinski definition) is 4. The smallest absolute Gasteiger partial charge is 0.0311 e. The van der Waals surface area contributed by atoms with Crippen LogP contribution in [-0.2, 0) is 10.4 Å². The summed E-state index contributed by atoms with van der Waals surface area (Å²) in [7, 11) is -5.17. The van der Waals surface area contributed by atoms with Crippen LogP contribution in [0.5, 0.6) is 0 Å². The molecular weight excluding hydrogens is 232 g/mol. The van der Waals surface area contributed by atoms with Crippen molar-refractivity contribution >= 4 is 10.4 Å². The summed E-state index contributed by atoms with van der Waals surface area (Å²) < 4.78 is 34.1. The van der Waals surface area contributed by atoms with Crippen LogP contribution in [0.3, 0.4) is 0 Å². The van der Waals surface area contributed by atoms with Crippen molar-refractivity contribution in [3.05, 3.63) is 0 Å². The van der Waals surface area contributed by atoms with Crippen LogP contribution in [0.1, 0.15) is 13.8 Å². The summed E-state index contributed by atoms with van der Waals surface area (Å²) in [5.74, 6) is 0. The zero-order valence-electron chi connectivity index (χ0n) is 10.3. The van der Waals surface area contributed by atoms with Gasteiger partial charge in [0.15, 0.2) is 0 Å². The summed E-state index contributed by atoms with van der Waals surface area (Å²) in [6, 6.07) is 0. The van der Waals surface area contributed by atoms with E-state index in [1.807, 2.05) is 0 Å². The average molecular weight is 258 g/mol. The molecule has 0 aliphatic rings. The quantitative estimate of drug-likeness (QED) is 0.308. The van der Waals surface area contributed by atoms with Gasteiger partial charge in [0.05, 0.1) is 0 Å². The Morgan fingerprint density at radius 3 is 0.800 bits per heavy atom. The largest absolute Gasteiger partial charge is 0.855 e. The Labute approximate surface area is 90.6 Å². The Kier molecular flexibility index (Phi) is 116. The van der Waals surface area contributed by atoms with Crippen LogP contribution in [0.25, 0.3) is 0 Å². The van der Waals surface area contributed by atoms with Crippen molar-refractivity contribution in [2.45, 2.75) is 13.8 Å². The lowest BCUT2D eigenvalue weighted by atomic mass is 10.9. The van der Waals surface area contributed by atoms with Gasteiger partial charge in [-0.05, 0) is 0 Å². The van der Waals surface area contributed by atoms with Crippen LogP contribution in [-0.4, -0.2) is 30.7 Å². The first kappa shape index (κ1) is 46.7. The highest BCUT2D eigenvalue weighted by atomic mass is 32.3. The van der Waals surface area contributed by atoms with Crippen LogP contribution < -0.4 is 34.8 Å². The van der Waals surface area contributed by atoms with E-state index in [1.165, 1.54) is 0 Å². The molecule has 0 heterocycles. The maximum atomic E-state index is 8.93. The second kappa shape index (κ2) is 37.3. The third-order valence-electron chi connectivity index (χ3n) is 0. The number of quaternary nitrogens is 4. The van der Waals surface area contributed by atoms with Gasteiger partial charge in [0.1, 0.15) is 0 Å². The fourth-order valence-electron chi connectivity index (χ4n) is 0. The van der Waals surface area contributed by atoms with Gasteiger partial charge >= 0.3 is 0 Å². The van der Waals surface area contributed by atoms with Gasteiger partial charge in [-0.1, -0.05) is 13.8 Å². The third kappa shape index (κ3) is 13500. The number of hydrogen-bond acceptors (Lipinski definition) is 6. The van der Waals surface area contributed by atoms with E-state index in [2.05, 4.69) is 0 Å². The summed E-state index contributed by atoms with van der Waals surface area (Å²) in [5.41, 5.74) is 0. The Morgan fingerprint density at radius 1 is 0.800 bits per heavy atom. The molecule has 0 radical (unpaired) electrons. The lowest BCUT2D eigenvalue weighted by Crippen LogP contribution is -1.97. The molecule has 0 spiro atoms. The maximum Gasteiger partial charge on any atom is 0.0311 e. The van der Waals surface area contributed by atoms with E-state index in [-0.39, 0.29) is 37.8 Å². The second-order valence-corrected chi connectivity index (χ2v) is 1.80. The Bertz CT molecular complexity index is 130. The molecule has 0 aromatic carbocycles. The minimum absolute atomic E-state index is 0. The predicted octanol–water partition coefficient (Wildman–Crippen LogP) is -1.10. The molecule has 0 aliphatic heterocycles. The van der Waals surface area contributed by atoms with Crippen molar-refractivity contribution in [3.8, 4) is 0 Å². The van der Waals surface area contributed by atoms with Crippen molar-refractivity contribution in [1.29, 1.82) is 0 Å². The number of rotatable bonds is 0. The SMILES string of the molecule is CC[O-].CC[O-].O=S(=O)([O-])[O-].[NH4+].[NH4+].[NH4+].[NH4+]. The van der Waals surface area contributed by atoms with E-state index in [1.54, 1.807) is 13.8 Å². The molecule has 10 nitrogen and oxygen atoms in total. The van der Waals surface area contributed by atoms with Crippen LogP contribution >= 0.6 is 0 Å².